The number of nitrogens with one attached hydrogen (secondary N) is 1. The van der Waals surface area contributed by atoms with Gasteiger partial charge in [-0.25, -0.2) is 0 Å². The fourth-order valence-electron chi connectivity index (χ4n) is 1.47. The molecule has 5 heteroatoms. The number of nitrogens with two attached hydrogens (primary N) is 1. The summed E-state index contributed by atoms with van der Waals surface area (Å²) in [5.41, 5.74) is 6.68. The lowest BCUT2D eigenvalue weighted by Crippen LogP contribution is -2.35. The summed E-state index contributed by atoms with van der Waals surface area (Å²) in [6.07, 6.45) is 0. The molecule has 1 aromatic rings. The number of hydrogen-bond acceptors (Lipinski definition) is 4. The molecule has 1 amide bonds. The van der Waals surface area contributed by atoms with Gasteiger partial charge < -0.3 is 20.5 Å². The lowest BCUT2D eigenvalue weighted by Gasteiger charge is -2.13. The van der Waals surface area contributed by atoms with Gasteiger partial charge in [-0.05, 0) is 25.1 Å². The molecular weight excluding hydrogens is 220 g/mol. The summed E-state index contributed by atoms with van der Waals surface area (Å²) in [6, 6.07) is 4.89. The number of rotatable bonds is 5. The molecule has 0 aliphatic carbocycles. The molecular formula is C12H18N2O3. The van der Waals surface area contributed by atoms with Crippen molar-refractivity contribution < 1.29 is 14.3 Å². The molecule has 94 valence electrons. The third-order valence-electron chi connectivity index (χ3n) is 2.29. The second-order valence-electron chi connectivity index (χ2n) is 3.79. The molecule has 0 bridgehead atoms. The lowest BCUT2D eigenvalue weighted by molar-refractivity contribution is 0.0905. The summed E-state index contributed by atoms with van der Waals surface area (Å²) in [5.74, 6) is 0.385. The first kappa shape index (κ1) is 13.3. The van der Waals surface area contributed by atoms with Gasteiger partial charge in [0.25, 0.3) is 5.91 Å². The van der Waals surface area contributed by atoms with E-state index in [0.29, 0.717) is 23.6 Å². The number of carbonyl (C=O) groups is 1. The number of nitrogen functional groups attached to an aromatic ring is 1. The molecule has 0 aliphatic rings. The Morgan fingerprint density at radius 3 is 2.71 bits per heavy atom. The maximum absolute atomic E-state index is 11.8. The zero-order valence-corrected chi connectivity index (χ0v) is 10.3. The van der Waals surface area contributed by atoms with Crippen LogP contribution < -0.4 is 15.8 Å². The van der Waals surface area contributed by atoms with Crippen LogP contribution in [0, 0.1) is 0 Å². The minimum atomic E-state index is -0.177. The normalized spacial score (nSPS) is 11.9. The molecule has 0 aliphatic heterocycles. The molecule has 0 spiro atoms. The minimum Gasteiger partial charge on any atom is -0.495 e. The maximum Gasteiger partial charge on any atom is 0.251 e. The van der Waals surface area contributed by atoms with Crippen LogP contribution in [-0.2, 0) is 4.74 Å². The van der Waals surface area contributed by atoms with Crippen LogP contribution in [0.3, 0.4) is 0 Å². The van der Waals surface area contributed by atoms with Gasteiger partial charge in [-0.2, -0.15) is 0 Å². The van der Waals surface area contributed by atoms with Crippen LogP contribution in [0.1, 0.15) is 17.3 Å². The van der Waals surface area contributed by atoms with Crippen LogP contribution in [-0.4, -0.2) is 32.8 Å². The first-order valence-electron chi connectivity index (χ1n) is 5.31. The third kappa shape index (κ3) is 3.64. The number of anilines is 1. The van der Waals surface area contributed by atoms with Gasteiger partial charge in [0, 0.05) is 18.7 Å². The molecule has 0 radical (unpaired) electrons. The molecule has 1 rings (SSSR count). The molecule has 5 nitrogen and oxygen atoms in total. The minimum absolute atomic E-state index is 0.0455. The average Bonchev–Trinajstić information content (AvgIpc) is 2.29. The van der Waals surface area contributed by atoms with Crippen molar-refractivity contribution in [2.75, 3.05) is 26.6 Å². The zero-order chi connectivity index (χ0) is 12.8. The molecule has 0 fully saturated rings. The Bertz CT molecular complexity index is 393. The molecule has 17 heavy (non-hydrogen) atoms. The van der Waals surface area contributed by atoms with E-state index in [1.54, 1.807) is 25.3 Å². The fraction of sp³-hybridized carbons (Fsp3) is 0.417. The van der Waals surface area contributed by atoms with Gasteiger partial charge in [0.15, 0.2) is 0 Å². The number of ether oxygens (including phenoxy) is 2. The highest BCUT2D eigenvalue weighted by atomic mass is 16.5. The second-order valence-corrected chi connectivity index (χ2v) is 3.79. The van der Waals surface area contributed by atoms with Crippen molar-refractivity contribution in [3.05, 3.63) is 23.8 Å². The molecule has 0 heterocycles. The summed E-state index contributed by atoms with van der Waals surface area (Å²) < 4.78 is 9.96. The van der Waals surface area contributed by atoms with Crippen molar-refractivity contribution >= 4 is 11.6 Å². The lowest BCUT2D eigenvalue weighted by atomic mass is 10.1. The summed E-state index contributed by atoms with van der Waals surface area (Å²) in [7, 11) is 3.13. The predicted octanol–water partition coefficient (Wildman–Crippen LogP) is 1.04. The van der Waals surface area contributed by atoms with Crippen molar-refractivity contribution in [1.29, 1.82) is 0 Å². The number of hydrogen-bond donors (Lipinski definition) is 2. The SMILES string of the molecule is COCC(C)NC(=O)c1ccc(OC)c(N)c1. The summed E-state index contributed by atoms with van der Waals surface area (Å²) in [5, 5.41) is 2.80. The van der Waals surface area contributed by atoms with E-state index in [-0.39, 0.29) is 11.9 Å². The van der Waals surface area contributed by atoms with Crippen LogP contribution in [0.15, 0.2) is 18.2 Å². The number of methoxy groups -OCH3 is 2. The smallest absolute Gasteiger partial charge is 0.251 e. The van der Waals surface area contributed by atoms with Gasteiger partial charge in [-0.3, -0.25) is 4.79 Å². The van der Waals surface area contributed by atoms with Crippen LogP contribution >= 0.6 is 0 Å². The van der Waals surface area contributed by atoms with Crippen molar-refractivity contribution in [2.24, 2.45) is 0 Å². The van der Waals surface area contributed by atoms with Gasteiger partial charge in [0.1, 0.15) is 5.75 Å². The van der Waals surface area contributed by atoms with Crippen molar-refractivity contribution in [1.82, 2.24) is 5.32 Å². The van der Waals surface area contributed by atoms with E-state index in [1.165, 1.54) is 7.11 Å². The highest BCUT2D eigenvalue weighted by molar-refractivity contribution is 5.95. The standard InChI is InChI=1S/C12H18N2O3/c1-8(7-16-2)14-12(15)9-4-5-11(17-3)10(13)6-9/h4-6,8H,7,13H2,1-3H3,(H,14,15). The first-order chi connectivity index (χ1) is 8.08. The highest BCUT2D eigenvalue weighted by Gasteiger charge is 2.11. The van der Waals surface area contributed by atoms with Crippen LogP contribution in [0.4, 0.5) is 5.69 Å². The molecule has 0 saturated heterocycles. The Morgan fingerprint density at radius 1 is 1.47 bits per heavy atom. The average molecular weight is 238 g/mol. The maximum atomic E-state index is 11.8. The summed E-state index contributed by atoms with van der Waals surface area (Å²) in [6.45, 7) is 2.34. The van der Waals surface area contributed by atoms with E-state index in [9.17, 15) is 4.79 Å². The Hall–Kier alpha value is -1.75. The van der Waals surface area contributed by atoms with Gasteiger partial charge in [-0.1, -0.05) is 0 Å². The molecule has 1 aromatic carbocycles. The van der Waals surface area contributed by atoms with Gasteiger partial charge in [0.2, 0.25) is 0 Å². The van der Waals surface area contributed by atoms with Gasteiger partial charge in [0.05, 0.1) is 19.4 Å². The van der Waals surface area contributed by atoms with Gasteiger partial charge in [-0.15, -0.1) is 0 Å². The summed E-state index contributed by atoms with van der Waals surface area (Å²) in [4.78, 5) is 11.8. The van der Waals surface area contributed by atoms with Crippen LogP contribution in [0.2, 0.25) is 0 Å². The highest BCUT2D eigenvalue weighted by Crippen LogP contribution is 2.21. The Kier molecular flexibility index (Phi) is 4.78. The molecule has 1 unspecified atom stereocenters. The Morgan fingerprint density at radius 2 is 2.18 bits per heavy atom. The van der Waals surface area contributed by atoms with E-state index in [2.05, 4.69) is 5.32 Å². The van der Waals surface area contributed by atoms with Crippen LogP contribution in [0.5, 0.6) is 5.75 Å². The number of carbonyl (C=O) groups excluding carboxylic acids is 1. The number of amides is 1. The van der Waals surface area contributed by atoms with Gasteiger partial charge >= 0.3 is 0 Å². The van der Waals surface area contributed by atoms with Crippen molar-refractivity contribution in [3.63, 3.8) is 0 Å². The van der Waals surface area contributed by atoms with E-state index in [0.717, 1.165) is 0 Å². The monoisotopic (exact) mass is 238 g/mol. The second kappa shape index (κ2) is 6.10. The Labute approximate surface area is 101 Å². The van der Waals surface area contributed by atoms with Crippen LogP contribution in [0.25, 0.3) is 0 Å². The molecule has 0 aromatic heterocycles. The third-order valence-corrected chi connectivity index (χ3v) is 2.29. The first-order valence-corrected chi connectivity index (χ1v) is 5.31. The molecule has 1 atom stereocenters. The molecule has 0 saturated carbocycles. The van der Waals surface area contributed by atoms with E-state index >= 15 is 0 Å². The molecule has 3 N–H and O–H groups in total. The van der Waals surface area contributed by atoms with Crippen molar-refractivity contribution in [3.8, 4) is 5.75 Å². The van der Waals surface area contributed by atoms with E-state index in [1.807, 2.05) is 6.92 Å². The fourth-order valence-corrected chi connectivity index (χ4v) is 1.47. The zero-order valence-electron chi connectivity index (χ0n) is 10.3. The topological polar surface area (TPSA) is 73.6 Å². The predicted molar refractivity (Wildman–Crippen MR) is 66.2 cm³/mol. The largest absolute Gasteiger partial charge is 0.495 e. The Balaban J connectivity index is 2.72. The number of benzene rings is 1. The van der Waals surface area contributed by atoms with Crippen molar-refractivity contribution in [2.45, 2.75) is 13.0 Å². The summed E-state index contributed by atoms with van der Waals surface area (Å²) >= 11 is 0. The quantitative estimate of drug-likeness (QED) is 0.752. The van der Waals surface area contributed by atoms with E-state index in [4.69, 9.17) is 15.2 Å². The van der Waals surface area contributed by atoms with E-state index < -0.39 is 0 Å².